The minimum atomic E-state index is -0.910. The fourth-order valence-electron chi connectivity index (χ4n) is 1.67. The van der Waals surface area contributed by atoms with Crippen LogP contribution in [0, 0.1) is 0 Å². The highest BCUT2D eigenvalue weighted by molar-refractivity contribution is 4.86. The Balaban J connectivity index is 2.22. The highest BCUT2D eigenvalue weighted by Crippen LogP contribution is 2.30. The van der Waals surface area contributed by atoms with Crippen molar-refractivity contribution in [2.24, 2.45) is 0 Å². The predicted molar refractivity (Wildman–Crippen MR) is 50.0 cm³/mol. The maximum atomic E-state index is 13.3. The van der Waals surface area contributed by atoms with Crippen molar-refractivity contribution in [2.45, 2.75) is 44.3 Å². The Kier molecular flexibility index (Phi) is 3.27. The second kappa shape index (κ2) is 4.04. The van der Waals surface area contributed by atoms with Crippen LogP contribution in [-0.2, 0) is 0 Å². The summed E-state index contributed by atoms with van der Waals surface area (Å²) in [4.78, 5) is 0. The third kappa shape index (κ3) is 2.94. The molecule has 12 heavy (non-hydrogen) atoms. The lowest BCUT2D eigenvalue weighted by Gasteiger charge is -2.31. The summed E-state index contributed by atoms with van der Waals surface area (Å²) in [5.41, 5.74) is -0.910. The molecule has 0 unspecified atom stereocenters. The molecule has 0 saturated heterocycles. The van der Waals surface area contributed by atoms with E-state index < -0.39 is 5.67 Å². The lowest BCUT2D eigenvalue weighted by Crippen LogP contribution is -2.37. The first kappa shape index (κ1) is 9.72. The van der Waals surface area contributed by atoms with Gasteiger partial charge in [0.15, 0.2) is 0 Å². The molecule has 2 heteroatoms. The molecule has 0 spiro atoms. The van der Waals surface area contributed by atoms with Crippen molar-refractivity contribution < 1.29 is 4.39 Å². The van der Waals surface area contributed by atoms with E-state index in [0.717, 1.165) is 19.4 Å². The fraction of sp³-hybridized carbons (Fsp3) is 0.800. The second-order valence-electron chi connectivity index (χ2n) is 3.88. The van der Waals surface area contributed by atoms with Crippen LogP contribution < -0.4 is 5.32 Å². The molecule has 1 nitrogen and oxygen atoms in total. The van der Waals surface area contributed by atoms with Gasteiger partial charge in [-0.25, -0.2) is 4.39 Å². The topological polar surface area (TPSA) is 12.0 Å². The Morgan fingerprint density at radius 1 is 1.58 bits per heavy atom. The van der Waals surface area contributed by atoms with E-state index in [2.05, 4.69) is 11.9 Å². The molecular weight excluding hydrogens is 153 g/mol. The maximum absolute atomic E-state index is 13.3. The van der Waals surface area contributed by atoms with Crippen LogP contribution in [0.2, 0.25) is 0 Å². The average molecular weight is 171 g/mol. The first-order valence-electron chi connectivity index (χ1n) is 4.67. The molecule has 0 heterocycles. The summed E-state index contributed by atoms with van der Waals surface area (Å²) in [6.45, 7) is 6.18. The van der Waals surface area contributed by atoms with Gasteiger partial charge in [-0.2, -0.15) is 0 Å². The Hall–Kier alpha value is -0.370. The zero-order valence-corrected chi connectivity index (χ0v) is 7.78. The minimum Gasteiger partial charge on any atom is -0.311 e. The van der Waals surface area contributed by atoms with Crippen molar-refractivity contribution >= 4 is 0 Å². The first-order chi connectivity index (χ1) is 5.64. The van der Waals surface area contributed by atoms with Crippen molar-refractivity contribution in [3.63, 3.8) is 0 Å². The standard InChI is InChI=1S/C10H18FN/c1-3-8-12-9-4-6-10(2,11)7-5-9/h3,9,12H,1,4-8H2,2H3. The SMILES string of the molecule is C=CCNC1CCC(C)(F)CC1. The molecule has 1 N–H and O–H groups in total. The first-order valence-corrected chi connectivity index (χ1v) is 4.67. The maximum Gasteiger partial charge on any atom is 0.108 e. The molecule has 1 rings (SSSR count). The molecule has 1 aliphatic rings. The van der Waals surface area contributed by atoms with Crippen LogP contribution in [0.15, 0.2) is 12.7 Å². The number of nitrogens with one attached hydrogen (secondary N) is 1. The minimum absolute atomic E-state index is 0.506. The van der Waals surface area contributed by atoms with Crippen molar-refractivity contribution in [2.75, 3.05) is 6.54 Å². The van der Waals surface area contributed by atoms with E-state index in [1.165, 1.54) is 0 Å². The van der Waals surface area contributed by atoms with E-state index in [1.807, 2.05) is 6.08 Å². The molecule has 0 atom stereocenters. The summed E-state index contributed by atoms with van der Waals surface area (Å²) in [6.07, 6.45) is 5.16. The van der Waals surface area contributed by atoms with Crippen LogP contribution in [0.1, 0.15) is 32.6 Å². The van der Waals surface area contributed by atoms with Gasteiger partial charge in [-0.15, -0.1) is 6.58 Å². The third-order valence-corrected chi connectivity index (χ3v) is 2.58. The van der Waals surface area contributed by atoms with Gasteiger partial charge in [0, 0.05) is 12.6 Å². The Bertz CT molecular complexity index is 144. The van der Waals surface area contributed by atoms with E-state index in [9.17, 15) is 4.39 Å². The Labute approximate surface area is 74.0 Å². The summed E-state index contributed by atoms with van der Waals surface area (Å²) in [7, 11) is 0. The smallest absolute Gasteiger partial charge is 0.108 e. The monoisotopic (exact) mass is 171 g/mol. The van der Waals surface area contributed by atoms with Gasteiger partial charge < -0.3 is 5.32 Å². The van der Waals surface area contributed by atoms with E-state index >= 15 is 0 Å². The lowest BCUT2D eigenvalue weighted by molar-refractivity contribution is 0.114. The van der Waals surface area contributed by atoms with Crippen molar-refractivity contribution in [3.05, 3.63) is 12.7 Å². The normalized spacial score (nSPS) is 36.3. The number of hydrogen-bond acceptors (Lipinski definition) is 1. The molecule has 70 valence electrons. The van der Waals surface area contributed by atoms with Crippen LogP contribution in [0.5, 0.6) is 0 Å². The summed E-state index contributed by atoms with van der Waals surface area (Å²) in [6, 6.07) is 0.506. The highest BCUT2D eigenvalue weighted by atomic mass is 19.1. The molecule has 1 aliphatic carbocycles. The van der Waals surface area contributed by atoms with Crippen molar-refractivity contribution in [1.82, 2.24) is 5.32 Å². The molecule has 0 aliphatic heterocycles. The number of hydrogen-bond donors (Lipinski definition) is 1. The van der Waals surface area contributed by atoms with Crippen LogP contribution in [-0.4, -0.2) is 18.3 Å². The predicted octanol–water partition coefficient (Wildman–Crippen LogP) is 2.43. The number of alkyl halides is 1. The summed E-state index contributed by atoms with van der Waals surface area (Å²) < 4.78 is 13.3. The third-order valence-electron chi connectivity index (χ3n) is 2.58. The van der Waals surface area contributed by atoms with Gasteiger partial charge in [0.25, 0.3) is 0 Å². The summed E-state index contributed by atoms with van der Waals surface area (Å²) in [5, 5.41) is 3.32. The summed E-state index contributed by atoms with van der Waals surface area (Å²) in [5.74, 6) is 0. The van der Waals surface area contributed by atoms with E-state index in [-0.39, 0.29) is 0 Å². The molecule has 0 radical (unpaired) electrons. The quantitative estimate of drug-likeness (QED) is 0.643. The molecule has 0 aromatic rings. The zero-order valence-electron chi connectivity index (χ0n) is 7.78. The van der Waals surface area contributed by atoms with Crippen LogP contribution in [0.25, 0.3) is 0 Å². The van der Waals surface area contributed by atoms with Crippen LogP contribution >= 0.6 is 0 Å². The summed E-state index contributed by atoms with van der Waals surface area (Å²) >= 11 is 0. The Morgan fingerprint density at radius 2 is 2.17 bits per heavy atom. The molecule has 0 bridgehead atoms. The average Bonchev–Trinajstić information content (AvgIpc) is 2.03. The number of halogens is 1. The molecule has 1 saturated carbocycles. The van der Waals surface area contributed by atoms with Gasteiger partial charge in [-0.3, -0.25) is 0 Å². The van der Waals surface area contributed by atoms with Gasteiger partial charge >= 0.3 is 0 Å². The van der Waals surface area contributed by atoms with Gasteiger partial charge in [0.05, 0.1) is 0 Å². The van der Waals surface area contributed by atoms with Gasteiger partial charge in [-0.1, -0.05) is 6.08 Å². The van der Waals surface area contributed by atoms with Gasteiger partial charge in [0.2, 0.25) is 0 Å². The van der Waals surface area contributed by atoms with Crippen LogP contribution in [0.4, 0.5) is 4.39 Å². The lowest BCUT2D eigenvalue weighted by atomic mass is 9.85. The molecule has 1 fully saturated rings. The molecular formula is C10H18FN. The van der Waals surface area contributed by atoms with E-state index in [1.54, 1.807) is 6.92 Å². The fourth-order valence-corrected chi connectivity index (χ4v) is 1.67. The number of rotatable bonds is 3. The Morgan fingerprint density at radius 3 is 2.67 bits per heavy atom. The van der Waals surface area contributed by atoms with Gasteiger partial charge in [-0.05, 0) is 32.6 Å². The van der Waals surface area contributed by atoms with Crippen molar-refractivity contribution in [3.8, 4) is 0 Å². The molecule has 0 aromatic heterocycles. The largest absolute Gasteiger partial charge is 0.311 e. The molecule has 0 aromatic carbocycles. The van der Waals surface area contributed by atoms with Crippen molar-refractivity contribution in [1.29, 1.82) is 0 Å². The zero-order chi connectivity index (χ0) is 9.03. The molecule has 0 amide bonds. The highest BCUT2D eigenvalue weighted by Gasteiger charge is 2.29. The second-order valence-corrected chi connectivity index (χ2v) is 3.88. The van der Waals surface area contributed by atoms with Crippen LogP contribution in [0.3, 0.4) is 0 Å². The van der Waals surface area contributed by atoms with Gasteiger partial charge in [0.1, 0.15) is 5.67 Å². The van der Waals surface area contributed by atoms with E-state index in [4.69, 9.17) is 0 Å². The van der Waals surface area contributed by atoms with E-state index in [0.29, 0.717) is 18.9 Å².